The van der Waals surface area contributed by atoms with E-state index in [1.165, 1.54) is 11.3 Å². The second-order valence-electron chi connectivity index (χ2n) is 5.95. The molecule has 3 aliphatic heterocycles. The number of benzene rings is 1. The van der Waals surface area contributed by atoms with Crippen molar-refractivity contribution in [2.45, 2.75) is 30.5 Å². The lowest BCUT2D eigenvalue weighted by Gasteiger charge is -2.43. The standard InChI is InChI=1S/C16H21N3O2/c1-20-10-4-5-14-12(9-10)11-6-7-19-16(15(11)18-14)13(17)3-2-8-21-19/h2-5,9,11,13,15-16,18H,6-8,17H2,1H3/t11?,13-,15?,16+/m1/s1. The van der Waals surface area contributed by atoms with Crippen LogP contribution in [0.3, 0.4) is 0 Å². The molecule has 3 heterocycles. The van der Waals surface area contributed by atoms with Crippen molar-refractivity contribution in [2.75, 3.05) is 25.6 Å². The first kappa shape index (κ1) is 13.1. The molecule has 0 spiro atoms. The molecule has 0 bridgehead atoms. The predicted molar refractivity (Wildman–Crippen MR) is 81.3 cm³/mol. The number of ether oxygens (including phenoxy) is 1. The molecule has 3 N–H and O–H groups in total. The Hall–Kier alpha value is -1.56. The largest absolute Gasteiger partial charge is 0.497 e. The van der Waals surface area contributed by atoms with Crippen LogP contribution >= 0.6 is 0 Å². The SMILES string of the molecule is COc1ccc2c(c1)C1CCN3OCC=C[C@@H](N)[C@H]3C1N2. The second kappa shape index (κ2) is 5.02. The van der Waals surface area contributed by atoms with Gasteiger partial charge in [-0.1, -0.05) is 12.2 Å². The number of hydroxylamine groups is 2. The van der Waals surface area contributed by atoms with Gasteiger partial charge in [0.25, 0.3) is 0 Å². The summed E-state index contributed by atoms with van der Waals surface area (Å²) in [6.45, 7) is 1.53. The fraction of sp³-hybridized carbons (Fsp3) is 0.500. The number of nitrogens with zero attached hydrogens (tertiary/aromatic N) is 1. The van der Waals surface area contributed by atoms with E-state index in [1.807, 2.05) is 12.1 Å². The van der Waals surface area contributed by atoms with Gasteiger partial charge in [0, 0.05) is 24.2 Å². The Morgan fingerprint density at radius 2 is 2.33 bits per heavy atom. The topological polar surface area (TPSA) is 59.8 Å². The van der Waals surface area contributed by atoms with Crippen LogP contribution in [0.2, 0.25) is 0 Å². The van der Waals surface area contributed by atoms with E-state index in [0.717, 1.165) is 18.7 Å². The summed E-state index contributed by atoms with van der Waals surface area (Å²) in [5.74, 6) is 1.39. The Balaban J connectivity index is 1.69. The van der Waals surface area contributed by atoms with E-state index in [9.17, 15) is 0 Å². The first-order valence-corrected chi connectivity index (χ1v) is 7.54. The summed E-state index contributed by atoms with van der Waals surface area (Å²) in [7, 11) is 1.71. The van der Waals surface area contributed by atoms with E-state index < -0.39 is 0 Å². The average Bonchev–Trinajstić information content (AvgIpc) is 2.77. The van der Waals surface area contributed by atoms with Gasteiger partial charge >= 0.3 is 0 Å². The Kier molecular flexibility index (Phi) is 3.14. The van der Waals surface area contributed by atoms with E-state index in [0.29, 0.717) is 18.6 Å². The molecule has 1 saturated heterocycles. The summed E-state index contributed by atoms with van der Waals surface area (Å²) in [6.07, 6.45) is 5.16. The van der Waals surface area contributed by atoms with Crippen LogP contribution in [0.1, 0.15) is 17.9 Å². The smallest absolute Gasteiger partial charge is 0.119 e. The lowest BCUT2D eigenvalue weighted by Crippen LogP contribution is -2.59. The molecule has 112 valence electrons. The van der Waals surface area contributed by atoms with Crippen LogP contribution in [-0.2, 0) is 4.84 Å². The molecule has 4 atom stereocenters. The number of anilines is 1. The highest BCUT2D eigenvalue weighted by Crippen LogP contribution is 2.45. The first-order chi connectivity index (χ1) is 10.3. The van der Waals surface area contributed by atoms with Crippen molar-refractivity contribution in [3.63, 3.8) is 0 Å². The minimum absolute atomic E-state index is 0.0102. The van der Waals surface area contributed by atoms with Crippen LogP contribution in [0, 0.1) is 0 Å². The minimum atomic E-state index is -0.0102. The van der Waals surface area contributed by atoms with Crippen LogP contribution in [0.25, 0.3) is 0 Å². The molecular formula is C16H21N3O2. The van der Waals surface area contributed by atoms with Crippen molar-refractivity contribution in [1.29, 1.82) is 0 Å². The maximum Gasteiger partial charge on any atom is 0.119 e. The molecule has 1 aromatic rings. The summed E-state index contributed by atoms with van der Waals surface area (Å²) in [5.41, 5.74) is 8.91. The summed E-state index contributed by atoms with van der Waals surface area (Å²) >= 11 is 0. The summed E-state index contributed by atoms with van der Waals surface area (Å²) in [6, 6.07) is 6.71. The number of fused-ring (bicyclic) bond motifs is 5. The molecule has 5 heteroatoms. The van der Waals surface area contributed by atoms with Gasteiger partial charge in [0.1, 0.15) is 5.75 Å². The number of rotatable bonds is 1. The van der Waals surface area contributed by atoms with Crippen LogP contribution in [0.15, 0.2) is 30.4 Å². The third-order valence-corrected chi connectivity index (χ3v) is 4.86. The zero-order valence-corrected chi connectivity index (χ0v) is 12.2. The highest BCUT2D eigenvalue weighted by Gasteiger charge is 2.46. The molecule has 0 saturated carbocycles. The Morgan fingerprint density at radius 1 is 1.43 bits per heavy atom. The maximum atomic E-state index is 6.36. The molecule has 21 heavy (non-hydrogen) atoms. The van der Waals surface area contributed by atoms with Crippen molar-refractivity contribution in [3.8, 4) is 5.75 Å². The normalized spacial score (nSPS) is 34.4. The van der Waals surface area contributed by atoms with Gasteiger partial charge in [-0.2, -0.15) is 5.06 Å². The average molecular weight is 287 g/mol. The molecule has 5 nitrogen and oxygen atoms in total. The van der Waals surface area contributed by atoms with Gasteiger partial charge in [0.2, 0.25) is 0 Å². The molecule has 0 amide bonds. The van der Waals surface area contributed by atoms with E-state index in [4.69, 9.17) is 15.3 Å². The van der Waals surface area contributed by atoms with E-state index in [-0.39, 0.29) is 12.1 Å². The third kappa shape index (κ3) is 2.04. The van der Waals surface area contributed by atoms with Crippen LogP contribution in [0.5, 0.6) is 5.75 Å². The molecule has 2 unspecified atom stereocenters. The molecule has 0 aliphatic carbocycles. The molecule has 4 rings (SSSR count). The van der Waals surface area contributed by atoms with E-state index in [1.54, 1.807) is 7.11 Å². The molecule has 1 aromatic carbocycles. The zero-order valence-electron chi connectivity index (χ0n) is 12.2. The minimum Gasteiger partial charge on any atom is -0.497 e. The van der Waals surface area contributed by atoms with Crippen LogP contribution in [-0.4, -0.2) is 43.5 Å². The Bertz CT molecular complexity index is 575. The fourth-order valence-corrected chi connectivity index (χ4v) is 3.88. The summed E-state index contributed by atoms with van der Waals surface area (Å²) < 4.78 is 5.37. The highest BCUT2D eigenvalue weighted by molar-refractivity contribution is 5.62. The lowest BCUT2D eigenvalue weighted by molar-refractivity contribution is -0.191. The lowest BCUT2D eigenvalue weighted by atomic mass is 9.82. The van der Waals surface area contributed by atoms with Gasteiger partial charge in [-0.3, -0.25) is 4.84 Å². The van der Waals surface area contributed by atoms with Crippen molar-refractivity contribution in [3.05, 3.63) is 35.9 Å². The maximum absolute atomic E-state index is 6.36. The van der Waals surface area contributed by atoms with E-state index in [2.05, 4.69) is 28.6 Å². The molecular weight excluding hydrogens is 266 g/mol. The monoisotopic (exact) mass is 287 g/mol. The quantitative estimate of drug-likeness (QED) is 0.766. The van der Waals surface area contributed by atoms with Crippen molar-refractivity contribution < 1.29 is 9.57 Å². The Labute approximate surface area is 124 Å². The van der Waals surface area contributed by atoms with Crippen molar-refractivity contribution in [2.24, 2.45) is 5.73 Å². The number of hydrogen-bond donors (Lipinski definition) is 2. The van der Waals surface area contributed by atoms with Crippen LogP contribution in [0.4, 0.5) is 5.69 Å². The summed E-state index contributed by atoms with van der Waals surface area (Å²) in [5, 5.41) is 5.73. The number of hydrogen-bond acceptors (Lipinski definition) is 5. The number of methoxy groups -OCH3 is 1. The van der Waals surface area contributed by atoms with Gasteiger partial charge in [-0.05, 0) is 30.2 Å². The fourth-order valence-electron chi connectivity index (χ4n) is 3.88. The van der Waals surface area contributed by atoms with Crippen LogP contribution < -0.4 is 15.8 Å². The predicted octanol–water partition coefficient (Wildman–Crippen LogP) is 1.48. The highest BCUT2D eigenvalue weighted by atomic mass is 16.7. The van der Waals surface area contributed by atoms with Gasteiger partial charge in [0.15, 0.2) is 0 Å². The zero-order chi connectivity index (χ0) is 14.4. The van der Waals surface area contributed by atoms with Crippen molar-refractivity contribution >= 4 is 5.69 Å². The summed E-state index contributed by atoms with van der Waals surface area (Å²) in [4.78, 5) is 5.83. The second-order valence-corrected chi connectivity index (χ2v) is 5.95. The molecule has 1 fully saturated rings. The van der Waals surface area contributed by atoms with E-state index >= 15 is 0 Å². The van der Waals surface area contributed by atoms with Gasteiger partial charge in [0.05, 0.1) is 25.8 Å². The van der Waals surface area contributed by atoms with Gasteiger partial charge in [-0.25, -0.2) is 0 Å². The van der Waals surface area contributed by atoms with Gasteiger partial charge in [-0.15, -0.1) is 0 Å². The first-order valence-electron chi connectivity index (χ1n) is 7.54. The molecule has 0 aromatic heterocycles. The molecule has 3 aliphatic rings. The number of nitrogens with one attached hydrogen (secondary N) is 1. The van der Waals surface area contributed by atoms with Crippen molar-refractivity contribution in [1.82, 2.24) is 5.06 Å². The number of piperidine rings is 1. The third-order valence-electron chi connectivity index (χ3n) is 4.86. The Morgan fingerprint density at radius 3 is 3.19 bits per heavy atom. The number of nitrogens with two attached hydrogens (primary N) is 1. The molecule has 0 radical (unpaired) electrons. The van der Waals surface area contributed by atoms with Gasteiger partial charge < -0.3 is 15.8 Å².